The van der Waals surface area contributed by atoms with Crippen molar-refractivity contribution in [1.29, 1.82) is 0 Å². The van der Waals surface area contributed by atoms with Gasteiger partial charge in [0.25, 0.3) is 11.1 Å². The third-order valence-electron chi connectivity index (χ3n) is 6.43. The Balaban J connectivity index is 1.37. The molecule has 0 unspecified atom stereocenters. The van der Waals surface area contributed by atoms with Gasteiger partial charge in [-0.25, -0.2) is 10.4 Å². The predicted octanol–water partition coefficient (Wildman–Crippen LogP) is 4.24. The Bertz CT molecular complexity index is 824. The molecule has 0 aliphatic heterocycles. The first kappa shape index (κ1) is 16.6. The van der Waals surface area contributed by atoms with Crippen LogP contribution in [-0.2, 0) is 4.79 Å². The highest BCUT2D eigenvalue weighted by atomic mass is 32.2. The quantitative estimate of drug-likeness (QED) is 0.656. The second kappa shape index (κ2) is 5.87. The molecular formula is C19H23N3O2S. The van der Waals surface area contributed by atoms with Crippen molar-refractivity contribution in [2.24, 2.45) is 21.8 Å². The number of carbonyl (C=O) groups is 1. The zero-order valence-corrected chi connectivity index (χ0v) is 15.7. The molecule has 2 aliphatic carbocycles. The SMILES string of the molecule is CC1(C)[C@@H]2CC[C@]1(C)/C(=N/NC(=O)CSc1nc3ccccc3o1)C2. The van der Waals surface area contributed by atoms with Crippen molar-refractivity contribution in [1.82, 2.24) is 10.4 Å². The van der Waals surface area contributed by atoms with Gasteiger partial charge in [-0.15, -0.1) is 0 Å². The summed E-state index contributed by atoms with van der Waals surface area (Å²) < 4.78 is 5.62. The Labute approximate surface area is 151 Å². The summed E-state index contributed by atoms with van der Waals surface area (Å²) in [5.74, 6) is 0.804. The Hall–Kier alpha value is -1.82. The normalized spacial score (nSPS) is 28.8. The number of nitrogens with zero attached hydrogens (tertiary/aromatic N) is 2. The summed E-state index contributed by atoms with van der Waals surface area (Å²) in [5, 5.41) is 4.99. The monoisotopic (exact) mass is 357 g/mol. The van der Waals surface area contributed by atoms with Gasteiger partial charge in [0.1, 0.15) is 5.52 Å². The van der Waals surface area contributed by atoms with E-state index >= 15 is 0 Å². The maximum Gasteiger partial charge on any atom is 0.257 e. The summed E-state index contributed by atoms with van der Waals surface area (Å²) in [5.41, 5.74) is 5.81. The van der Waals surface area contributed by atoms with Crippen LogP contribution in [0.5, 0.6) is 0 Å². The number of hydrogen-bond donors (Lipinski definition) is 1. The molecule has 2 aromatic rings. The van der Waals surface area contributed by atoms with Gasteiger partial charge in [0.15, 0.2) is 5.58 Å². The molecule has 25 heavy (non-hydrogen) atoms. The van der Waals surface area contributed by atoms with E-state index in [4.69, 9.17) is 4.42 Å². The molecule has 0 saturated heterocycles. The van der Waals surface area contributed by atoms with Gasteiger partial charge >= 0.3 is 0 Å². The molecule has 1 aromatic heterocycles. The van der Waals surface area contributed by atoms with Crippen molar-refractivity contribution >= 4 is 34.5 Å². The van der Waals surface area contributed by atoms with Crippen LogP contribution in [0, 0.1) is 16.7 Å². The van der Waals surface area contributed by atoms with Crippen molar-refractivity contribution in [3.05, 3.63) is 24.3 Å². The number of rotatable bonds is 4. The van der Waals surface area contributed by atoms with E-state index in [1.165, 1.54) is 18.2 Å². The Morgan fingerprint density at radius 1 is 1.40 bits per heavy atom. The fraction of sp³-hybridized carbons (Fsp3) is 0.526. The Kier molecular flexibility index (Phi) is 3.90. The molecule has 6 heteroatoms. The molecule has 4 rings (SSSR count). The van der Waals surface area contributed by atoms with E-state index < -0.39 is 0 Å². The second-order valence-corrected chi connectivity index (χ2v) is 8.75. The van der Waals surface area contributed by atoms with Gasteiger partial charge in [-0.3, -0.25) is 4.79 Å². The molecule has 2 aliphatic rings. The van der Waals surface area contributed by atoms with E-state index in [0.717, 1.165) is 29.7 Å². The van der Waals surface area contributed by atoms with Crippen LogP contribution in [-0.4, -0.2) is 22.4 Å². The zero-order chi connectivity index (χ0) is 17.7. The zero-order valence-electron chi connectivity index (χ0n) is 14.8. The van der Waals surface area contributed by atoms with Crippen molar-refractivity contribution in [2.75, 3.05) is 5.75 Å². The first-order valence-electron chi connectivity index (χ1n) is 8.74. The van der Waals surface area contributed by atoms with Crippen LogP contribution in [0.1, 0.15) is 40.0 Å². The topological polar surface area (TPSA) is 67.5 Å². The maximum atomic E-state index is 12.2. The molecule has 1 aromatic carbocycles. The third kappa shape index (κ3) is 2.67. The number of aromatic nitrogens is 1. The van der Waals surface area contributed by atoms with Crippen molar-refractivity contribution in [3.8, 4) is 0 Å². The molecule has 2 bridgehead atoms. The number of oxazole rings is 1. The van der Waals surface area contributed by atoms with Crippen LogP contribution in [0.15, 0.2) is 39.0 Å². The lowest BCUT2D eigenvalue weighted by molar-refractivity contribution is -0.118. The number of carbonyl (C=O) groups excluding carboxylic acids is 1. The molecule has 0 spiro atoms. The maximum absolute atomic E-state index is 12.2. The Morgan fingerprint density at radius 2 is 2.20 bits per heavy atom. The molecule has 2 fully saturated rings. The minimum atomic E-state index is -0.121. The van der Waals surface area contributed by atoms with Crippen LogP contribution in [0.25, 0.3) is 11.1 Å². The predicted molar refractivity (Wildman–Crippen MR) is 99.5 cm³/mol. The van der Waals surface area contributed by atoms with Gasteiger partial charge in [0.2, 0.25) is 0 Å². The van der Waals surface area contributed by atoms with Gasteiger partial charge in [-0.2, -0.15) is 5.10 Å². The lowest BCUT2D eigenvalue weighted by atomic mass is 9.70. The summed E-state index contributed by atoms with van der Waals surface area (Å²) in [6.07, 6.45) is 3.43. The van der Waals surface area contributed by atoms with Gasteiger partial charge < -0.3 is 4.42 Å². The van der Waals surface area contributed by atoms with Gasteiger partial charge in [0, 0.05) is 11.1 Å². The lowest BCUT2D eigenvalue weighted by Gasteiger charge is -2.34. The number of para-hydroxylation sites is 2. The van der Waals surface area contributed by atoms with E-state index in [-0.39, 0.29) is 22.5 Å². The summed E-state index contributed by atoms with van der Waals surface area (Å²) >= 11 is 1.29. The molecule has 2 atom stereocenters. The van der Waals surface area contributed by atoms with E-state index in [1.54, 1.807) is 0 Å². The van der Waals surface area contributed by atoms with Crippen molar-refractivity contribution < 1.29 is 9.21 Å². The van der Waals surface area contributed by atoms with Crippen LogP contribution < -0.4 is 5.43 Å². The largest absolute Gasteiger partial charge is 0.431 e. The highest BCUT2D eigenvalue weighted by Crippen LogP contribution is 2.63. The average molecular weight is 357 g/mol. The minimum absolute atomic E-state index is 0.110. The molecule has 1 amide bonds. The minimum Gasteiger partial charge on any atom is -0.431 e. The highest BCUT2D eigenvalue weighted by Gasteiger charge is 2.59. The number of hydrogen-bond acceptors (Lipinski definition) is 5. The van der Waals surface area contributed by atoms with Crippen LogP contribution in [0.3, 0.4) is 0 Å². The number of benzene rings is 1. The number of nitrogens with one attached hydrogen (secondary N) is 1. The lowest BCUT2D eigenvalue weighted by Crippen LogP contribution is -2.34. The molecular weight excluding hydrogens is 334 g/mol. The summed E-state index contributed by atoms with van der Waals surface area (Å²) in [4.78, 5) is 16.5. The van der Waals surface area contributed by atoms with E-state index in [9.17, 15) is 4.79 Å². The van der Waals surface area contributed by atoms with E-state index in [1.807, 2.05) is 24.3 Å². The van der Waals surface area contributed by atoms with Crippen molar-refractivity contribution in [2.45, 2.75) is 45.3 Å². The van der Waals surface area contributed by atoms with Gasteiger partial charge in [-0.05, 0) is 42.7 Å². The average Bonchev–Trinajstić information content (AvgIpc) is 3.16. The summed E-state index contributed by atoms with van der Waals surface area (Å²) in [6, 6.07) is 7.59. The number of thioether (sulfide) groups is 1. The number of hydrazone groups is 1. The number of amides is 1. The van der Waals surface area contributed by atoms with Gasteiger partial charge in [-0.1, -0.05) is 44.7 Å². The van der Waals surface area contributed by atoms with E-state index in [0.29, 0.717) is 11.1 Å². The molecule has 5 nitrogen and oxygen atoms in total. The van der Waals surface area contributed by atoms with Crippen LogP contribution >= 0.6 is 11.8 Å². The molecule has 2 saturated carbocycles. The first-order valence-corrected chi connectivity index (χ1v) is 9.73. The molecule has 1 N–H and O–H groups in total. The Morgan fingerprint density at radius 3 is 2.88 bits per heavy atom. The van der Waals surface area contributed by atoms with Gasteiger partial charge in [0.05, 0.1) is 5.75 Å². The first-order chi connectivity index (χ1) is 11.9. The number of fused-ring (bicyclic) bond motifs is 3. The fourth-order valence-electron chi connectivity index (χ4n) is 4.30. The van der Waals surface area contributed by atoms with Crippen LogP contribution in [0.2, 0.25) is 0 Å². The van der Waals surface area contributed by atoms with E-state index in [2.05, 4.69) is 36.3 Å². The van der Waals surface area contributed by atoms with Crippen molar-refractivity contribution in [3.63, 3.8) is 0 Å². The van der Waals surface area contributed by atoms with Crippen LogP contribution in [0.4, 0.5) is 0 Å². The fourth-order valence-corrected chi connectivity index (χ4v) is 4.93. The standard InChI is InChI=1S/C19H23N3O2S/c1-18(2)12-8-9-19(18,3)15(10-12)21-22-16(23)11-25-17-20-13-6-4-5-7-14(13)24-17/h4-7,12H,8-11H2,1-3H3,(H,22,23)/b21-15+/t12-,19-/m1/s1. The third-order valence-corrected chi connectivity index (χ3v) is 7.26. The summed E-state index contributed by atoms with van der Waals surface area (Å²) in [6.45, 7) is 6.95. The highest BCUT2D eigenvalue weighted by molar-refractivity contribution is 7.99. The molecule has 132 valence electrons. The smallest absolute Gasteiger partial charge is 0.257 e. The summed E-state index contributed by atoms with van der Waals surface area (Å²) in [7, 11) is 0. The second-order valence-electron chi connectivity index (χ2n) is 7.82. The molecule has 0 radical (unpaired) electrons. The molecule has 1 heterocycles.